The second-order valence-corrected chi connectivity index (χ2v) is 24.5. The fourth-order valence-electron chi connectivity index (χ4n) is 5.10. The number of hydrogen-bond acceptors (Lipinski definition) is 1. The number of nitrogens with zero attached hydrogens (tertiary/aromatic N) is 1. The van der Waals surface area contributed by atoms with Crippen LogP contribution in [0.25, 0.3) is 0 Å². The Morgan fingerprint density at radius 1 is 0.571 bits per heavy atom. The van der Waals surface area contributed by atoms with Gasteiger partial charge in [-0.15, -0.1) is 0 Å². The van der Waals surface area contributed by atoms with E-state index in [2.05, 4.69) is 113 Å². The molecule has 0 N–H and O–H groups in total. The van der Waals surface area contributed by atoms with E-state index in [1.807, 2.05) is 0 Å². The first-order chi connectivity index (χ1) is 17.9. The summed E-state index contributed by atoms with van der Waals surface area (Å²) in [6, 6.07) is 6.72. The number of hydrogen-bond donors (Lipinski definition) is 0. The van der Waals surface area contributed by atoms with Crippen molar-refractivity contribution in [2.75, 3.05) is 0 Å². The van der Waals surface area contributed by atoms with Crippen LogP contribution in [0.2, 0.25) is 0 Å². The second-order valence-electron chi connectivity index (χ2n) is 14.9. The molecule has 0 saturated carbocycles. The van der Waals surface area contributed by atoms with Crippen molar-refractivity contribution in [3.8, 4) is 0 Å². The molecule has 42 heavy (non-hydrogen) atoms. The molecular formula is C31H57F6IrNP3-. The van der Waals surface area contributed by atoms with Crippen molar-refractivity contribution in [1.29, 1.82) is 0 Å². The van der Waals surface area contributed by atoms with Gasteiger partial charge in [-0.3, -0.25) is 4.98 Å². The molecule has 253 valence electrons. The molecule has 0 unspecified atom stereocenters. The molecule has 1 radical (unpaired) electrons. The molecular weight excluding hydrogens is 785 g/mol. The maximum atomic E-state index is 9.87. The predicted octanol–water partition coefficient (Wildman–Crippen LogP) is 14.5. The Balaban J connectivity index is 0. The van der Waals surface area contributed by atoms with Gasteiger partial charge in [0.15, 0.2) is 0 Å². The van der Waals surface area contributed by atoms with E-state index in [1.165, 1.54) is 49.9 Å². The van der Waals surface area contributed by atoms with E-state index >= 15 is 0 Å². The van der Waals surface area contributed by atoms with E-state index in [0.717, 1.165) is 12.3 Å². The number of allylic oxidation sites excluding steroid dienone is 2. The summed E-state index contributed by atoms with van der Waals surface area (Å²) in [5, 5.41) is 1.37. The van der Waals surface area contributed by atoms with E-state index in [1.54, 1.807) is 0 Å². The molecule has 1 heterocycles. The van der Waals surface area contributed by atoms with E-state index in [-0.39, 0.29) is 35.9 Å². The van der Waals surface area contributed by atoms with Gasteiger partial charge in [-0.25, -0.2) is 0 Å². The van der Waals surface area contributed by atoms with Gasteiger partial charge in [0.1, 0.15) is 0 Å². The van der Waals surface area contributed by atoms with Crippen LogP contribution in [0.1, 0.15) is 133 Å². The van der Waals surface area contributed by atoms with Crippen LogP contribution in [0, 0.1) is 0 Å². The Morgan fingerprint density at radius 2 is 0.833 bits per heavy atom. The van der Waals surface area contributed by atoms with E-state index in [9.17, 15) is 25.2 Å². The van der Waals surface area contributed by atoms with Crippen LogP contribution in [0.5, 0.6) is 0 Å². The molecule has 0 saturated heterocycles. The fourth-order valence-corrected chi connectivity index (χ4v) is 12.0. The molecule has 0 amide bonds. The normalized spacial score (nSPS) is 17.7. The molecule has 0 fully saturated rings. The molecule has 2 rings (SSSR count). The molecule has 1 aliphatic rings. The summed E-state index contributed by atoms with van der Waals surface area (Å²) in [4.78, 5) is 5.14. The number of pyridine rings is 1. The Bertz CT molecular complexity index is 856. The number of rotatable bonds is 4. The van der Waals surface area contributed by atoms with Gasteiger partial charge in [0, 0.05) is 43.8 Å². The molecule has 0 aliphatic heterocycles. The van der Waals surface area contributed by atoms with Crippen LogP contribution in [0.4, 0.5) is 25.2 Å². The summed E-state index contributed by atoms with van der Waals surface area (Å²) in [6.07, 6.45) is 15.2. The maximum absolute atomic E-state index is 10.7. The molecule has 0 bridgehead atoms. The van der Waals surface area contributed by atoms with Crippen molar-refractivity contribution in [3.05, 3.63) is 41.7 Å². The molecule has 0 aromatic carbocycles. The number of halogens is 6. The summed E-state index contributed by atoms with van der Waals surface area (Å²) in [6.45, 7) is 28.7. The van der Waals surface area contributed by atoms with Crippen LogP contribution < -0.4 is 0 Å². The maximum Gasteiger partial charge on any atom is 0 e. The van der Waals surface area contributed by atoms with Crippen molar-refractivity contribution in [3.63, 3.8) is 0 Å². The van der Waals surface area contributed by atoms with Crippen LogP contribution >= 0.6 is 23.7 Å². The standard InChI is InChI=1S/C23H43NP2.C8H14.F6P.Ir/c1-20(2,3)25(21(4,5)6)16-18-14-13-15-19(24-18)17-26(22(7,8)9)23(10,11)12;1-2-4-6-8-7-5-3-1;1-7(2,3,4,5)6;/h13-15H,16-17H2,1-12H3;1-2H,3-8H2;;/q;;-1;/b;2-1-;;. The average Bonchev–Trinajstić information content (AvgIpc) is 2.65. The molecule has 1 aromatic rings. The quantitative estimate of drug-likeness (QED) is 0.167. The Kier molecular flexibility index (Phi) is 16.8. The van der Waals surface area contributed by atoms with Gasteiger partial charge >= 0.3 is 33.0 Å². The third kappa shape index (κ3) is 24.7. The summed E-state index contributed by atoms with van der Waals surface area (Å²) in [5.74, 6) is 0. The van der Waals surface area contributed by atoms with Crippen LogP contribution in [-0.4, -0.2) is 25.6 Å². The van der Waals surface area contributed by atoms with Gasteiger partial charge in [0.25, 0.3) is 0 Å². The molecule has 0 atom stereocenters. The fraction of sp³-hybridized carbons (Fsp3) is 0.774. The largest absolute Gasteiger partial charge is 0 e. The topological polar surface area (TPSA) is 12.9 Å². The summed E-state index contributed by atoms with van der Waals surface area (Å²) in [7, 11) is -11.0. The first-order valence-electron chi connectivity index (χ1n) is 14.6. The van der Waals surface area contributed by atoms with Crippen LogP contribution in [0.3, 0.4) is 0 Å². The molecule has 1 aromatic heterocycles. The minimum absolute atomic E-state index is 0. The zero-order chi connectivity index (χ0) is 32.6. The molecule has 11 heteroatoms. The first kappa shape index (κ1) is 44.5. The van der Waals surface area contributed by atoms with Gasteiger partial charge in [-0.05, 0) is 58.4 Å². The van der Waals surface area contributed by atoms with Crippen molar-refractivity contribution in [2.24, 2.45) is 0 Å². The minimum Gasteiger partial charge on any atom is 0 e. The average molecular weight is 843 g/mol. The smallest absolute Gasteiger partial charge is 0 e. The Labute approximate surface area is 269 Å². The Morgan fingerprint density at radius 3 is 1.07 bits per heavy atom. The number of aromatic nitrogens is 1. The van der Waals surface area contributed by atoms with E-state index in [0.29, 0.717) is 20.6 Å². The van der Waals surface area contributed by atoms with E-state index < -0.39 is 7.81 Å². The first-order valence-corrected chi connectivity index (χ1v) is 19.7. The Hall–Kier alpha value is 0.409. The van der Waals surface area contributed by atoms with Gasteiger partial charge in [0.05, 0.1) is 0 Å². The van der Waals surface area contributed by atoms with Gasteiger partial charge in [-0.2, -0.15) is 0 Å². The summed E-state index contributed by atoms with van der Waals surface area (Å²) in [5.41, 5.74) is 2.58. The monoisotopic (exact) mass is 843 g/mol. The summed E-state index contributed by atoms with van der Waals surface area (Å²) < 4.78 is 59.2. The summed E-state index contributed by atoms with van der Waals surface area (Å²) >= 11 is 0. The SMILES string of the molecule is C1=C\CCCCCC/1.CC(C)(C)P(Cc1cccc(CP(C(C)(C)C)C(C)(C)C)n1)C(C)(C)C.F[P-](F)(F)(F)(F)F.[Ir]. The predicted molar refractivity (Wildman–Crippen MR) is 175 cm³/mol. The molecule has 1 aliphatic carbocycles. The zero-order valence-electron chi connectivity index (χ0n) is 27.9. The van der Waals surface area contributed by atoms with Crippen molar-refractivity contribution >= 4 is 23.7 Å². The third-order valence-electron chi connectivity index (χ3n) is 6.40. The zero-order valence-corrected chi connectivity index (χ0v) is 33.0. The van der Waals surface area contributed by atoms with Gasteiger partial charge in [-0.1, -0.05) is 130 Å². The molecule has 1 nitrogen and oxygen atoms in total. The van der Waals surface area contributed by atoms with Gasteiger partial charge < -0.3 is 0 Å². The van der Waals surface area contributed by atoms with Crippen LogP contribution in [-0.2, 0) is 32.4 Å². The van der Waals surface area contributed by atoms with E-state index in [4.69, 9.17) is 4.98 Å². The molecule has 0 spiro atoms. The second kappa shape index (κ2) is 15.8. The van der Waals surface area contributed by atoms with Crippen molar-refractivity contribution in [1.82, 2.24) is 4.98 Å². The van der Waals surface area contributed by atoms with Crippen molar-refractivity contribution in [2.45, 2.75) is 155 Å². The third-order valence-corrected chi connectivity index (χ3v) is 14.2. The van der Waals surface area contributed by atoms with Gasteiger partial charge in [0.2, 0.25) is 0 Å². The van der Waals surface area contributed by atoms with Crippen molar-refractivity contribution < 1.29 is 45.3 Å². The van der Waals surface area contributed by atoms with Crippen LogP contribution in [0.15, 0.2) is 30.4 Å². The minimum atomic E-state index is -10.7.